The van der Waals surface area contributed by atoms with Crippen LogP contribution in [0.25, 0.3) is 21.7 Å². The summed E-state index contributed by atoms with van der Waals surface area (Å²) in [6.45, 7) is 0. The highest BCUT2D eigenvalue weighted by atomic mass is 16.4. The second-order valence-corrected chi connectivity index (χ2v) is 5.39. The first-order valence-corrected chi connectivity index (χ1v) is 6.99. The number of benzene rings is 2. The first-order valence-electron chi connectivity index (χ1n) is 6.99. The average molecular weight is 279 g/mol. The van der Waals surface area contributed by atoms with E-state index in [1.54, 1.807) is 12.1 Å². The molecule has 2 aromatic carbocycles. The summed E-state index contributed by atoms with van der Waals surface area (Å²) in [4.78, 5) is 24.1. The Morgan fingerprint density at radius 3 is 2.71 bits per heavy atom. The lowest BCUT2D eigenvalue weighted by atomic mass is 10.0. The van der Waals surface area contributed by atoms with Gasteiger partial charge in [-0.25, -0.2) is 4.79 Å². The zero-order valence-electron chi connectivity index (χ0n) is 11.3. The van der Waals surface area contributed by atoms with Crippen molar-refractivity contribution in [1.29, 1.82) is 0 Å². The fraction of sp³-hybridized carbons (Fsp3) is 0.176. The maximum Gasteiger partial charge on any atom is 0.349 e. The van der Waals surface area contributed by atoms with E-state index in [4.69, 9.17) is 4.42 Å². The molecule has 4 heteroatoms. The van der Waals surface area contributed by atoms with Gasteiger partial charge in [0.1, 0.15) is 11.1 Å². The summed E-state index contributed by atoms with van der Waals surface area (Å²) < 4.78 is 5.31. The number of hydrogen-bond donors (Lipinski definition) is 1. The molecule has 0 saturated heterocycles. The first-order chi connectivity index (χ1) is 10.2. The molecule has 4 rings (SSSR count). The van der Waals surface area contributed by atoms with E-state index in [1.165, 1.54) is 0 Å². The number of amides is 1. The zero-order chi connectivity index (χ0) is 14.4. The maximum absolute atomic E-state index is 12.1. The molecule has 1 N–H and O–H groups in total. The van der Waals surface area contributed by atoms with Gasteiger partial charge in [-0.2, -0.15) is 0 Å². The fourth-order valence-electron chi connectivity index (χ4n) is 2.52. The number of fused-ring (bicyclic) bond motifs is 3. The van der Waals surface area contributed by atoms with Gasteiger partial charge < -0.3 is 9.73 Å². The van der Waals surface area contributed by atoms with Gasteiger partial charge in [-0.05, 0) is 35.7 Å². The summed E-state index contributed by atoms with van der Waals surface area (Å²) in [6, 6.07) is 13.3. The second kappa shape index (κ2) is 4.45. The summed E-state index contributed by atoms with van der Waals surface area (Å²) in [5.41, 5.74) is -0.0108. The molecule has 104 valence electrons. The van der Waals surface area contributed by atoms with E-state index in [1.807, 2.05) is 30.3 Å². The van der Waals surface area contributed by atoms with Gasteiger partial charge in [0.25, 0.3) is 5.91 Å². The SMILES string of the molecule is O=C(NC1CC1)c1cc2c(ccc3ccccc32)oc1=O. The third-order valence-corrected chi connectivity index (χ3v) is 3.80. The van der Waals surface area contributed by atoms with Gasteiger partial charge in [0.05, 0.1) is 0 Å². The summed E-state index contributed by atoms with van der Waals surface area (Å²) in [5.74, 6) is -0.346. The van der Waals surface area contributed by atoms with Gasteiger partial charge in [-0.15, -0.1) is 0 Å². The average Bonchev–Trinajstić information content (AvgIpc) is 3.30. The third kappa shape index (κ3) is 2.09. The van der Waals surface area contributed by atoms with Crippen molar-refractivity contribution in [2.45, 2.75) is 18.9 Å². The van der Waals surface area contributed by atoms with Crippen LogP contribution in [0.5, 0.6) is 0 Å². The summed E-state index contributed by atoms with van der Waals surface area (Å²) in [6.07, 6.45) is 1.96. The Balaban J connectivity index is 1.95. The van der Waals surface area contributed by atoms with Crippen LogP contribution >= 0.6 is 0 Å². The number of rotatable bonds is 2. The molecule has 0 radical (unpaired) electrons. The molecule has 0 spiro atoms. The molecule has 1 aliphatic rings. The zero-order valence-corrected chi connectivity index (χ0v) is 11.3. The molecular weight excluding hydrogens is 266 g/mol. The molecule has 1 fully saturated rings. The molecule has 3 aromatic rings. The largest absolute Gasteiger partial charge is 0.422 e. The minimum atomic E-state index is -0.587. The van der Waals surface area contributed by atoms with Crippen LogP contribution in [0.3, 0.4) is 0 Å². The highest BCUT2D eigenvalue weighted by Crippen LogP contribution is 2.25. The van der Waals surface area contributed by atoms with Crippen molar-refractivity contribution in [2.24, 2.45) is 0 Å². The van der Waals surface area contributed by atoms with E-state index in [0.29, 0.717) is 5.58 Å². The highest BCUT2D eigenvalue weighted by molar-refractivity contribution is 6.07. The van der Waals surface area contributed by atoms with Crippen molar-refractivity contribution in [3.05, 3.63) is 58.4 Å². The Hall–Kier alpha value is -2.62. The smallest absolute Gasteiger partial charge is 0.349 e. The molecule has 0 bridgehead atoms. The lowest BCUT2D eigenvalue weighted by molar-refractivity contribution is 0.0947. The maximum atomic E-state index is 12.1. The normalized spacial score (nSPS) is 14.5. The van der Waals surface area contributed by atoms with Gasteiger partial charge >= 0.3 is 5.63 Å². The fourth-order valence-corrected chi connectivity index (χ4v) is 2.52. The van der Waals surface area contributed by atoms with Crippen molar-refractivity contribution in [3.63, 3.8) is 0 Å². The minimum absolute atomic E-state index is 0.0748. The minimum Gasteiger partial charge on any atom is -0.422 e. The van der Waals surface area contributed by atoms with Crippen LogP contribution < -0.4 is 10.9 Å². The van der Waals surface area contributed by atoms with Crippen LogP contribution in [-0.4, -0.2) is 11.9 Å². The summed E-state index contributed by atoms with van der Waals surface area (Å²) in [7, 11) is 0. The van der Waals surface area contributed by atoms with E-state index in [-0.39, 0.29) is 17.5 Å². The predicted molar refractivity (Wildman–Crippen MR) is 80.5 cm³/mol. The molecule has 0 atom stereocenters. The van der Waals surface area contributed by atoms with Crippen LogP contribution in [0.4, 0.5) is 0 Å². The summed E-state index contributed by atoms with van der Waals surface area (Å²) in [5, 5.41) is 5.63. The topological polar surface area (TPSA) is 59.3 Å². The molecule has 21 heavy (non-hydrogen) atoms. The van der Waals surface area contributed by atoms with E-state index < -0.39 is 5.63 Å². The van der Waals surface area contributed by atoms with Gasteiger partial charge in [-0.1, -0.05) is 30.3 Å². The molecule has 0 aliphatic heterocycles. The van der Waals surface area contributed by atoms with Gasteiger partial charge in [0.2, 0.25) is 0 Å². The molecule has 4 nitrogen and oxygen atoms in total. The Labute approximate surface area is 120 Å². The number of hydrogen-bond acceptors (Lipinski definition) is 3. The molecule has 1 heterocycles. The molecule has 1 amide bonds. The first kappa shape index (κ1) is 12.1. The lowest BCUT2D eigenvalue weighted by Gasteiger charge is -2.06. The predicted octanol–water partition coefficient (Wildman–Crippen LogP) is 2.84. The molecule has 1 aromatic heterocycles. The molecular formula is C17H13NO3. The van der Waals surface area contributed by atoms with Gasteiger partial charge in [-0.3, -0.25) is 4.79 Å². The van der Waals surface area contributed by atoms with Crippen molar-refractivity contribution in [3.8, 4) is 0 Å². The summed E-state index contributed by atoms with van der Waals surface area (Å²) >= 11 is 0. The van der Waals surface area contributed by atoms with E-state index in [0.717, 1.165) is 29.0 Å². The second-order valence-electron chi connectivity index (χ2n) is 5.39. The number of carbonyl (C=O) groups is 1. The van der Waals surface area contributed by atoms with Crippen LogP contribution in [0.2, 0.25) is 0 Å². The molecule has 1 saturated carbocycles. The Kier molecular flexibility index (Phi) is 2.57. The van der Waals surface area contributed by atoms with E-state index in [9.17, 15) is 9.59 Å². The van der Waals surface area contributed by atoms with Crippen molar-refractivity contribution in [1.82, 2.24) is 5.32 Å². The van der Waals surface area contributed by atoms with Crippen LogP contribution in [-0.2, 0) is 0 Å². The quantitative estimate of drug-likeness (QED) is 0.579. The van der Waals surface area contributed by atoms with Crippen molar-refractivity contribution in [2.75, 3.05) is 0 Å². The van der Waals surface area contributed by atoms with Crippen LogP contribution in [0.15, 0.2) is 51.7 Å². The van der Waals surface area contributed by atoms with Gasteiger partial charge in [0, 0.05) is 11.4 Å². The van der Waals surface area contributed by atoms with E-state index >= 15 is 0 Å². The molecule has 0 unspecified atom stereocenters. The van der Waals surface area contributed by atoms with Crippen molar-refractivity contribution >= 4 is 27.6 Å². The monoisotopic (exact) mass is 279 g/mol. The Bertz CT molecular complexity index is 922. The lowest BCUT2D eigenvalue weighted by Crippen LogP contribution is -2.29. The van der Waals surface area contributed by atoms with Crippen LogP contribution in [0, 0.1) is 0 Å². The Morgan fingerprint density at radius 2 is 1.90 bits per heavy atom. The van der Waals surface area contributed by atoms with Gasteiger partial charge in [0.15, 0.2) is 0 Å². The number of carbonyl (C=O) groups excluding carboxylic acids is 1. The van der Waals surface area contributed by atoms with Crippen molar-refractivity contribution < 1.29 is 9.21 Å². The number of nitrogens with one attached hydrogen (secondary N) is 1. The van der Waals surface area contributed by atoms with E-state index in [2.05, 4.69) is 5.32 Å². The Morgan fingerprint density at radius 1 is 1.10 bits per heavy atom. The highest BCUT2D eigenvalue weighted by Gasteiger charge is 2.25. The molecule has 1 aliphatic carbocycles. The van der Waals surface area contributed by atoms with Crippen LogP contribution in [0.1, 0.15) is 23.2 Å². The standard InChI is InChI=1S/C17H13NO3/c19-16(18-11-6-7-11)14-9-13-12-4-2-1-3-10(12)5-8-15(13)21-17(14)20/h1-5,8-9,11H,6-7H2,(H,18,19). The third-order valence-electron chi connectivity index (χ3n) is 3.80.